The van der Waals surface area contributed by atoms with E-state index in [1.165, 1.54) is 32.3 Å². The van der Waals surface area contributed by atoms with E-state index in [-0.39, 0.29) is 29.2 Å². The van der Waals surface area contributed by atoms with Crippen LogP contribution in [0.5, 0.6) is 5.75 Å². The van der Waals surface area contributed by atoms with Crippen LogP contribution in [-0.2, 0) is 21.2 Å². The third-order valence-corrected chi connectivity index (χ3v) is 5.89. The van der Waals surface area contributed by atoms with Gasteiger partial charge < -0.3 is 14.8 Å². The van der Waals surface area contributed by atoms with Crippen molar-refractivity contribution in [2.45, 2.75) is 17.7 Å². The minimum Gasteiger partial charge on any atom is -0.506 e. The van der Waals surface area contributed by atoms with Crippen LogP contribution in [0.15, 0.2) is 57.8 Å². The highest BCUT2D eigenvalue weighted by Crippen LogP contribution is 2.27. The second-order valence-electron chi connectivity index (χ2n) is 6.38. The van der Waals surface area contributed by atoms with Gasteiger partial charge in [0.05, 0.1) is 10.6 Å². The topological polar surface area (TPSA) is 126 Å². The van der Waals surface area contributed by atoms with E-state index in [0.717, 1.165) is 9.87 Å². The van der Waals surface area contributed by atoms with E-state index >= 15 is 0 Å². The zero-order chi connectivity index (χ0) is 21.0. The molecule has 0 saturated carbocycles. The standard InChI is InChI=1S/C19H20N4O5S/c1-23(2)29(26,27)14-8-9-16(24)15(12-14)20-17(25)10-11-18-21-22-19(28-18)13-6-4-3-5-7-13/h3-9,12,24H,10-11H2,1-2H3,(H,20,25). The molecule has 0 unspecified atom stereocenters. The SMILES string of the molecule is CN(C)S(=O)(=O)c1ccc(O)c(NC(=O)CCc2nnc(-c3ccccc3)o2)c1. The van der Waals surface area contributed by atoms with Crippen molar-refractivity contribution in [1.29, 1.82) is 0 Å². The molecule has 0 fully saturated rings. The number of amides is 1. The van der Waals surface area contributed by atoms with Crippen LogP contribution >= 0.6 is 0 Å². The van der Waals surface area contributed by atoms with E-state index in [9.17, 15) is 18.3 Å². The fourth-order valence-electron chi connectivity index (χ4n) is 2.47. The highest BCUT2D eigenvalue weighted by molar-refractivity contribution is 7.89. The number of hydrogen-bond donors (Lipinski definition) is 2. The Kier molecular flexibility index (Phi) is 5.95. The molecule has 1 aromatic heterocycles. The van der Waals surface area contributed by atoms with Gasteiger partial charge in [0.2, 0.25) is 27.7 Å². The number of phenols is 1. The second-order valence-corrected chi connectivity index (χ2v) is 8.53. The summed E-state index contributed by atoms with van der Waals surface area (Å²) in [5, 5.41) is 20.3. The summed E-state index contributed by atoms with van der Waals surface area (Å²) < 4.78 is 31.0. The summed E-state index contributed by atoms with van der Waals surface area (Å²) >= 11 is 0. The van der Waals surface area contributed by atoms with Gasteiger partial charge in [0.15, 0.2) is 0 Å². The van der Waals surface area contributed by atoms with Crippen molar-refractivity contribution in [3.8, 4) is 17.2 Å². The van der Waals surface area contributed by atoms with E-state index in [1.54, 1.807) is 0 Å². The van der Waals surface area contributed by atoms with Gasteiger partial charge in [-0.25, -0.2) is 12.7 Å². The Hall–Kier alpha value is -3.24. The minimum atomic E-state index is -3.69. The monoisotopic (exact) mass is 416 g/mol. The molecule has 3 rings (SSSR count). The molecule has 0 aliphatic carbocycles. The maximum absolute atomic E-state index is 12.2. The number of aryl methyl sites for hydroxylation is 1. The maximum Gasteiger partial charge on any atom is 0.247 e. The molecule has 10 heteroatoms. The first-order valence-corrected chi connectivity index (χ1v) is 10.1. The number of nitrogens with zero attached hydrogens (tertiary/aromatic N) is 3. The van der Waals surface area contributed by atoms with Gasteiger partial charge in [-0.05, 0) is 30.3 Å². The van der Waals surface area contributed by atoms with Crippen LogP contribution in [0.2, 0.25) is 0 Å². The normalized spacial score (nSPS) is 11.6. The minimum absolute atomic E-state index is 0.00780. The molecular weight excluding hydrogens is 396 g/mol. The summed E-state index contributed by atoms with van der Waals surface area (Å²) in [5.41, 5.74) is 0.785. The summed E-state index contributed by atoms with van der Waals surface area (Å²) in [6.07, 6.45) is 0.211. The fourth-order valence-corrected chi connectivity index (χ4v) is 3.40. The van der Waals surface area contributed by atoms with Crippen molar-refractivity contribution < 1.29 is 22.7 Å². The molecule has 152 valence electrons. The lowest BCUT2D eigenvalue weighted by Gasteiger charge is -2.13. The molecule has 0 bridgehead atoms. The van der Waals surface area contributed by atoms with E-state index < -0.39 is 15.9 Å². The predicted molar refractivity (Wildman–Crippen MR) is 106 cm³/mol. The van der Waals surface area contributed by atoms with Gasteiger partial charge in [-0.1, -0.05) is 18.2 Å². The fraction of sp³-hybridized carbons (Fsp3) is 0.211. The molecule has 2 aromatic carbocycles. The average molecular weight is 416 g/mol. The molecule has 0 spiro atoms. The molecule has 9 nitrogen and oxygen atoms in total. The Morgan fingerprint density at radius 3 is 2.55 bits per heavy atom. The van der Waals surface area contributed by atoms with Crippen molar-refractivity contribution in [1.82, 2.24) is 14.5 Å². The molecule has 1 heterocycles. The van der Waals surface area contributed by atoms with E-state index in [4.69, 9.17) is 4.42 Å². The number of benzene rings is 2. The lowest BCUT2D eigenvalue weighted by molar-refractivity contribution is -0.116. The van der Waals surface area contributed by atoms with Crippen LogP contribution in [0.1, 0.15) is 12.3 Å². The molecule has 1 amide bonds. The number of carbonyl (C=O) groups excluding carboxylic acids is 1. The number of anilines is 1. The van der Waals surface area contributed by atoms with Gasteiger partial charge in [-0.2, -0.15) is 0 Å². The zero-order valence-electron chi connectivity index (χ0n) is 15.9. The van der Waals surface area contributed by atoms with Gasteiger partial charge in [-0.15, -0.1) is 10.2 Å². The molecule has 0 atom stereocenters. The van der Waals surface area contributed by atoms with E-state index in [2.05, 4.69) is 15.5 Å². The Balaban J connectivity index is 1.65. The molecule has 0 aliphatic heterocycles. The number of sulfonamides is 1. The zero-order valence-corrected chi connectivity index (χ0v) is 16.7. The highest BCUT2D eigenvalue weighted by atomic mass is 32.2. The lowest BCUT2D eigenvalue weighted by atomic mass is 10.2. The maximum atomic E-state index is 12.2. The van der Waals surface area contributed by atoms with Crippen LogP contribution < -0.4 is 5.32 Å². The number of nitrogens with one attached hydrogen (secondary N) is 1. The average Bonchev–Trinajstić information content (AvgIpc) is 3.17. The van der Waals surface area contributed by atoms with Gasteiger partial charge in [0.1, 0.15) is 5.75 Å². The number of aromatic hydroxyl groups is 1. The third-order valence-electron chi connectivity index (χ3n) is 4.07. The molecular formula is C19H20N4O5S. The Labute approximate surface area is 168 Å². The van der Waals surface area contributed by atoms with Gasteiger partial charge >= 0.3 is 0 Å². The van der Waals surface area contributed by atoms with E-state index in [0.29, 0.717) is 11.8 Å². The van der Waals surface area contributed by atoms with Crippen LogP contribution in [0.4, 0.5) is 5.69 Å². The predicted octanol–water partition coefficient (Wildman–Crippen LogP) is 2.26. The Morgan fingerprint density at radius 1 is 1.14 bits per heavy atom. The van der Waals surface area contributed by atoms with Crippen LogP contribution in [0.25, 0.3) is 11.5 Å². The van der Waals surface area contributed by atoms with Crippen molar-refractivity contribution in [2.24, 2.45) is 0 Å². The molecule has 0 aliphatic rings. The van der Waals surface area contributed by atoms with Crippen molar-refractivity contribution in [3.63, 3.8) is 0 Å². The summed E-state index contributed by atoms with van der Waals surface area (Å²) in [6, 6.07) is 12.9. The first-order valence-electron chi connectivity index (χ1n) is 8.70. The van der Waals surface area contributed by atoms with Gasteiger partial charge in [0, 0.05) is 32.5 Å². The van der Waals surface area contributed by atoms with Crippen molar-refractivity contribution in [3.05, 3.63) is 54.4 Å². The summed E-state index contributed by atoms with van der Waals surface area (Å²) in [7, 11) is -0.898. The largest absolute Gasteiger partial charge is 0.506 e. The molecule has 3 aromatic rings. The molecule has 2 N–H and O–H groups in total. The number of carbonyl (C=O) groups is 1. The van der Waals surface area contributed by atoms with Crippen LogP contribution in [-0.4, -0.2) is 48.0 Å². The van der Waals surface area contributed by atoms with Crippen molar-refractivity contribution >= 4 is 21.6 Å². The first-order chi connectivity index (χ1) is 13.8. The lowest BCUT2D eigenvalue weighted by Crippen LogP contribution is -2.22. The summed E-state index contributed by atoms with van der Waals surface area (Å²) in [6.45, 7) is 0. The third kappa shape index (κ3) is 4.79. The van der Waals surface area contributed by atoms with Gasteiger partial charge in [-0.3, -0.25) is 4.79 Å². The molecule has 29 heavy (non-hydrogen) atoms. The van der Waals surface area contributed by atoms with E-state index in [1.807, 2.05) is 30.3 Å². The van der Waals surface area contributed by atoms with Crippen LogP contribution in [0.3, 0.4) is 0 Å². The summed E-state index contributed by atoms with van der Waals surface area (Å²) in [5.74, 6) is -0.00761. The Morgan fingerprint density at radius 2 is 1.86 bits per heavy atom. The number of phenolic OH excluding ortho intramolecular Hbond substituents is 1. The Bertz CT molecular complexity index is 1110. The number of hydrogen-bond acceptors (Lipinski definition) is 7. The van der Waals surface area contributed by atoms with Crippen molar-refractivity contribution in [2.75, 3.05) is 19.4 Å². The number of aromatic nitrogens is 2. The van der Waals surface area contributed by atoms with Gasteiger partial charge in [0.25, 0.3) is 0 Å². The highest BCUT2D eigenvalue weighted by Gasteiger charge is 2.19. The summed E-state index contributed by atoms with van der Waals surface area (Å²) in [4.78, 5) is 12.2. The quantitative estimate of drug-likeness (QED) is 0.566. The number of rotatable bonds is 7. The van der Waals surface area contributed by atoms with Crippen LogP contribution in [0, 0.1) is 0 Å². The second kappa shape index (κ2) is 8.41. The molecule has 0 radical (unpaired) electrons. The first kappa shape index (κ1) is 20.5. The smallest absolute Gasteiger partial charge is 0.247 e. The molecule has 0 saturated heterocycles.